The summed E-state index contributed by atoms with van der Waals surface area (Å²) in [6, 6.07) is 0. The number of thiazole rings is 1. The van der Waals surface area contributed by atoms with Gasteiger partial charge in [-0.15, -0.1) is 21.5 Å². The molecule has 0 saturated carbocycles. The fraction of sp³-hybridized carbons (Fsp3) is 0.615. The number of hydrogen-bond acceptors (Lipinski definition) is 5. The lowest BCUT2D eigenvalue weighted by Crippen LogP contribution is -2.33. The van der Waals surface area contributed by atoms with Gasteiger partial charge in [-0.25, -0.2) is 4.98 Å². The second kappa shape index (κ2) is 5.02. The summed E-state index contributed by atoms with van der Waals surface area (Å²) in [6.45, 7) is 10.3. The monoisotopic (exact) mass is 277 g/mol. The molecule has 0 N–H and O–H groups in total. The summed E-state index contributed by atoms with van der Waals surface area (Å²) in [5.74, 6) is 2.65. The lowest BCUT2D eigenvalue weighted by atomic mass is 10.2. The highest BCUT2D eigenvalue weighted by atomic mass is 32.1. The highest BCUT2D eigenvalue weighted by Crippen LogP contribution is 2.21. The topological polar surface area (TPSA) is 46.8 Å². The molecule has 0 unspecified atom stereocenters. The third-order valence-corrected chi connectivity index (χ3v) is 4.32. The van der Waals surface area contributed by atoms with Crippen molar-refractivity contribution in [2.24, 2.45) is 0 Å². The molecule has 0 amide bonds. The maximum atomic E-state index is 4.33. The van der Waals surface area contributed by atoms with Gasteiger partial charge in [0.1, 0.15) is 11.6 Å². The number of fused-ring (bicyclic) bond motifs is 1. The first-order chi connectivity index (χ1) is 9.13. The zero-order valence-electron chi connectivity index (χ0n) is 11.6. The summed E-state index contributed by atoms with van der Waals surface area (Å²) in [6.07, 6.45) is 1.98. The van der Waals surface area contributed by atoms with Crippen LogP contribution in [0.4, 0.5) is 0 Å². The van der Waals surface area contributed by atoms with Crippen LogP contribution < -0.4 is 0 Å². The zero-order chi connectivity index (χ0) is 13.4. The van der Waals surface area contributed by atoms with Crippen LogP contribution in [0.1, 0.15) is 41.3 Å². The second-order valence-electron chi connectivity index (χ2n) is 5.34. The van der Waals surface area contributed by atoms with Crippen molar-refractivity contribution < 1.29 is 0 Å². The maximum Gasteiger partial charge on any atom is 0.147 e. The Kier molecular flexibility index (Phi) is 3.36. The van der Waals surface area contributed by atoms with Gasteiger partial charge < -0.3 is 4.57 Å². The number of rotatable bonds is 3. The van der Waals surface area contributed by atoms with E-state index in [-0.39, 0.29) is 0 Å². The van der Waals surface area contributed by atoms with Gasteiger partial charge in [-0.1, -0.05) is 13.8 Å². The van der Waals surface area contributed by atoms with Gasteiger partial charge in [0, 0.05) is 36.6 Å². The van der Waals surface area contributed by atoms with Crippen LogP contribution in [0, 0.1) is 6.92 Å². The molecule has 0 spiro atoms. The van der Waals surface area contributed by atoms with E-state index in [1.54, 1.807) is 11.3 Å². The molecule has 0 saturated heterocycles. The molecule has 102 valence electrons. The SMILES string of the molecule is Cc1ncc(CN2CCn3c(nnc3C(C)C)C2)s1. The van der Waals surface area contributed by atoms with Gasteiger partial charge in [-0.3, -0.25) is 4.90 Å². The minimum atomic E-state index is 0.442. The van der Waals surface area contributed by atoms with Crippen LogP contribution in [0.5, 0.6) is 0 Å². The van der Waals surface area contributed by atoms with Gasteiger partial charge in [0.2, 0.25) is 0 Å². The third-order valence-electron chi connectivity index (χ3n) is 3.43. The van der Waals surface area contributed by atoms with Crippen molar-refractivity contribution in [1.29, 1.82) is 0 Å². The van der Waals surface area contributed by atoms with Crippen LogP contribution in [0.2, 0.25) is 0 Å². The molecular weight excluding hydrogens is 258 g/mol. The Hall–Kier alpha value is -1.27. The smallest absolute Gasteiger partial charge is 0.147 e. The summed E-state index contributed by atoms with van der Waals surface area (Å²) in [7, 11) is 0. The molecule has 0 fully saturated rings. The quantitative estimate of drug-likeness (QED) is 0.863. The van der Waals surface area contributed by atoms with Gasteiger partial charge in [-0.2, -0.15) is 0 Å². The Labute approximate surface area is 117 Å². The summed E-state index contributed by atoms with van der Waals surface area (Å²) in [4.78, 5) is 8.06. The fourth-order valence-electron chi connectivity index (χ4n) is 2.49. The first-order valence-corrected chi connectivity index (χ1v) is 7.51. The Morgan fingerprint density at radius 2 is 2.16 bits per heavy atom. The van der Waals surface area contributed by atoms with E-state index in [1.165, 1.54) is 4.88 Å². The third kappa shape index (κ3) is 2.55. The number of aromatic nitrogens is 4. The standard InChI is InChI=1S/C13H19N5S/c1-9(2)13-16-15-12-8-17(4-5-18(12)13)7-11-6-14-10(3)19-11/h6,9H,4-5,7-8H2,1-3H3. The Morgan fingerprint density at radius 3 is 2.84 bits per heavy atom. The van der Waals surface area contributed by atoms with Crippen molar-refractivity contribution in [3.05, 3.63) is 27.7 Å². The Balaban J connectivity index is 1.72. The summed E-state index contributed by atoms with van der Waals surface area (Å²) < 4.78 is 2.28. The molecule has 0 atom stereocenters. The van der Waals surface area contributed by atoms with Crippen molar-refractivity contribution in [1.82, 2.24) is 24.6 Å². The van der Waals surface area contributed by atoms with E-state index in [9.17, 15) is 0 Å². The number of hydrogen-bond donors (Lipinski definition) is 0. The highest BCUT2D eigenvalue weighted by Gasteiger charge is 2.22. The van der Waals surface area contributed by atoms with Crippen molar-refractivity contribution in [3.63, 3.8) is 0 Å². The normalized spacial score (nSPS) is 16.0. The molecule has 2 aromatic rings. The first kappa shape index (κ1) is 12.7. The molecule has 3 rings (SSSR count). The molecule has 19 heavy (non-hydrogen) atoms. The molecular formula is C13H19N5S. The Morgan fingerprint density at radius 1 is 1.32 bits per heavy atom. The zero-order valence-corrected chi connectivity index (χ0v) is 12.4. The van der Waals surface area contributed by atoms with Crippen LogP contribution in [0.25, 0.3) is 0 Å². The predicted molar refractivity (Wildman–Crippen MR) is 75.1 cm³/mol. The van der Waals surface area contributed by atoms with E-state index in [4.69, 9.17) is 0 Å². The summed E-state index contributed by atoms with van der Waals surface area (Å²) >= 11 is 1.78. The van der Waals surface area contributed by atoms with E-state index in [1.807, 2.05) is 6.20 Å². The number of aryl methyl sites for hydroxylation is 1. The molecule has 3 heterocycles. The second-order valence-corrected chi connectivity index (χ2v) is 6.66. The average molecular weight is 277 g/mol. The van der Waals surface area contributed by atoms with E-state index in [2.05, 4.69) is 45.4 Å². The van der Waals surface area contributed by atoms with Gasteiger partial charge in [0.15, 0.2) is 0 Å². The van der Waals surface area contributed by atoms with E-state index in [0.29, 0.717) is 5.92 Å². The molecule has 5 nitrogen and oxygen atoms in total. The van der Waals surface area contributed by atoms with Gasteiger partial charge in [0.25, 0.3) is 0 Å². The fourth-order valence-corrected chi connectivity index (χ4v) is 3.33. The maximum absolute atomic E-state index is 4.33. The molecule has 6 heteroatoms. The highest BCUT2D eigenvalue weighted by molar-refractivity contribution is 7.11. The van der Waals surface area contributed by atoms with Crippen molar-refractivity contribution >= 4 is 11.3 Å². The van der Waals surface area contributed by atoms with Gasteiger partial charge in [-0.05, 0) is 6.92 Å². The van der Waals surface area contributed by atoms with Crippen molar-refractivity contribution in [2.45, 2.75) is 46.3 Å². The summed E-state index contributed by atoms with van der Waals surface area (Å²) in [5, 5.41) is 9.79. The van der Waals surface area contributed by atoms with E-state index in [0.717, 1.165) is 42.8 Å². The van der Waals surface area contributed by atoms with Crippen molar-refractivity contribution in [3.8, 4) is 0 Å². The average Bonchev–Trinajstić information content (AvgIpc) is 2.95. The lowest BCUT2D eigenvalue weighted by Gasteiger charge is -2.27. The van der Waals surface area contributed by atoms with Gasteiger partial charge in [0.05, 0.1) is 11.6 Å². The number of nitrogens with zero attached hydrogens (tertiary/aromatic N) is 5. The predicted octanol–water partition coefficient (Wildman–Crippen LogP) is 2.18. The molecule has 1 aliphatic rings. The van der Waals surface area contributed by atoms with E-state index >= 15 is 0 Å². The minimum Gasteiger partial charge on any atom is -0.312 e. The van der Waals surface area contributed by atoms with E-state index < -0.39 is 0 Å². The minimum absolute atomic E-state index is 0.442. The Bertz CT molecular complexity index is 571. The van der Waals surface area contributed by atoms with Gasteiger partial charge >= 0.3 is 0 Å². The molecule has 0 radical (unpaired) electrons. The van der Waals surface area contributed by atoms with Crippen LogP contribution in [-0.4, -0.2) is 31.2 Å². The molecule has 1 aliphatic heterocycles. The molecule has 0 bridgehead atoms. The molecule has 0 aromatic carbocycles. The van der Waals surface area contributed by atoms with Crippen LogP contribution >= 0.6 is 11.3 Å². The first-order valence-electron chi connectivity index (χ1n) is 6.69. The summed E-state index contributed by atoms with van der Waals surface area (Å²) in [5.41, 5.74) is 0. The molecule has 2 aromatic heterocycles. The largest absolute Gasteiger partial charge is 0.312 e. The van der Waals surface area contributed by atoms with Crippen LogP contribution in [0.3, 0.4) is 0 Å². The van der Waals surface area contributed by atoms with Crippen molar-refractivity contribution in [2.75, 3.05) is 6.54 Å². The van der Waals surface area contributed by atoms with Crippen LogP contribution in [0.15, 0.2) is 6.20 Å². The lowest BCUT2D eigenvalue weighted by molar-refractivity contribution is 0.208. The van der Waals surface area contributed by atoms with Crippen LogP contribution in [-0.2, 0) is 19.6 Å². The molecule has 0 aliphatic carbocycles.